The maximum absolute atomic E-state index is 11.8. The van der Waals surface area contributed by atoms with E-state index in [1.165, 1.54) is 14.0 Å². The lowest BCUT2D eigenvalue weighted by Crippen LogP contribution is -2.10. The molecule has 0 aliphatic carbocycles. The summed E-state index contributed by atoms with van der Waals surface area (Å²) in [5.74, 6) is 1.84. The largest absolute Gasteiger partial charge is 0.507 e. The summed E-state index contributed by atoms with van der Waals surface area (Å²) < 4.78 is 16.9. The van der Waals surface area contributed by atoms with Crippen molar-refractivity contribution in [1.82, 2.24) is 0 Å². The van der Waals surface area contributed by atoms with E-state index in [0.717, 1.165) is 53.2 Å². The highest BCUT2D eigenvalue weighted by atomic mass is 32.2. The molecule has 2 rings (SSSR count). The van der Waals surface area contributed by atoms with Gasteiger partial charge in [-0.1, -0.05) is 26.7 Å². The number of hydrogen-bond acceptors (Lipinski definition) is 8. The Labute approximate surface area is 230 Å². The monoisotopic (exact) mass is 546 g/mol. The number of phenols is 1. The van der Waals surface area contributed by atoms with Crippen molar-refractivity contribution < 1.29 is 34.0 Å². The molecule has 8 heteroatoms. The van der Waals surface area contributed by atoms with Crippen LogP contribution in [0.1, 0.15) is 93.0 Å². The fourth-order valence-electron chi connectivity index (χ4n) is 4.19. The minimum Gasteiger partial charge on any atom is -0.507 e. The van der Waals surface area contributed by atoms with E-state index in [-0.39, 0.29) is 23.9 Å². The van der Waals surface area contributed by atoms with Crippen molar-refractivity contribution in [3.8, 4) is 17.2 Å². The van der Waals surface area contributed by atoms with Crippen LogP contribution < -0.4 is 9.47 Å². The van der Waals surface area contributed by atoms with Crippen LogP contribution in [0.25, 0.3) is 0 Å². The number of hydrogen-bond donors (Lipinski definition) is 2. The third-order valence-corrected chi connectivity index (χ3v) is 7.31. The maximum Gasteiger partial charge on any atom is 0.305 e. The van der Waals surface area contributed by atoms with Gasteiger partial charge in [0, 0.05) is 33.8 Å². The molecule has 0 aromatic heterocycles. The quantitative estimate of drug-likeness (QED) is 0.101. The molecule has 2 N–H and O–H groups in total. The number of carbonyl (C=O) groups excluding carboxylic acids is 2. The predicted octanol–water partition coefficient (Wildman–Crippen LogP) is 6.45. The number of ether oxygens (including phenoxy) is 3. The lowest BCUT2D eigenvalue weighted by molar-refractivity contribution is -0.140. The highest BCUT2D eigenvalue weighted by Crippen LogP contribution is 2.38. The molecule has 1 atom stereocenters. The molecule has 1 unspecified atom stereocenters. The number of aromatic hydroxyl groups is 1. The molecule has 0 amide bonds. The van der Waals surface area contributed by atoms with E-state index in [9.17, 15) is 19.8 Å². The van der Waals surface area contributed by atoms with Crippen LogP contribution in [-0.2, 0) is 22.4 Å². The summed E-state index contributed by atoms with van der Waals surface area (Å²) in [4.78, 5) is 24.2. The first-order valence-corrected chi connectivity index (χ1v) is 14.4. The molecular formula is C30H42O7S. The molecule has 2 aromatic rings. The summed E-state index contributed by atoms with van der Waals surface area (Å²) in [6.07, 6.45) is 4.08. The Balaban J connectivity index is 2.07. The second kappa shape index (κ2) is 16.3. The molecule has 0 fully saturated rings. The number of esters is 1. The Kier molecular flexibility index (Phi) is 13.5. The number of ketones is 1. The molecule has 210 valence electrons. The van der Waals surface area contributed by atoms with Crippen LogP contribution in [0.5, 0.6) is 17.2 Å². The van der Waals surface area contributed by atoms with E-state index in [0.29, 0.717) is 42.9 Å². The molecule has 0 aliphatic rings. The Morgan fingerprint density at radius 1 is 0.974 bits per heavy atom. The number of benzene rings is 2. The lowest BCUT2D eigenvalue weighted by Gasteiger charge is -2.21. The number of rotatable bonds is 17. The first-order chi connectivity index (χ1) is 18.2. The van der Waals surface area contributed by atoms with Crippen molar-refractivity contribution in [2.75, 3.05) is 26.1 Å². The zero-order valence-corrected chi connectivity index (χ0v) is 24.1. The van der Waals surface area contributed by atoms with E-state index in [1.54, 1.807) is 24.8 Å². The van der Waals surface area contributed by atoms with Gasteiger partial charge in [0.2, 0.25) is 0 Å². The highest BCUT2D eigenvalue weighted by molar-refractivity contribution is 7.99. The van der Waals surface area contributed by atoms with Gasteiger partial charge >= 0.3 is 5.97 Å². The molecule has 0 saturated carbocycles. The van der Waals surface area contributed by atoms with E-state index in [2.05, 4.69) is 13.8 Å². The fraction of sp³-hybridized carbons (Fsp3) is 0.533. The van der Waals surface area contributed by atoms with Gasteiger partial charge in [-0.3, -0.25) is 9.59 Å². The standard InChI is InChI=1S/C30H42O7S/c1-6-10-24-26(15-13-23(21(4)32)30(24)37-17-8-12-28(33)35-5)36-18-9-19-38-27-16-14-22(20(3)31)29(34)25(27)11-7-2/h13-16,21,32,34H,6-12,17-19H2,1-5H3. The molecular weight excluding hydrogens is 504 g/mol. The molecule has 0 heterocycles. The average Bonchev–Trinajstić information content (AvgIpc) is 2.88. The topological polar surface area (TPSA) is 102 Å². The number of aliphatic hydroxyl groups is 1. The molecule has 2 aromatic carbocycles. The zero-order chi connectivity index (χ0) is 28.1. The van der Waals surface area contributed by atoms with Crippen molar-refractivity contribution in [3.05, 3.63) is 46.5 Å². The van der Waals surface area contributed by atoms with Crippen LogP contribution in [0.3, 0.4) is 0 Å². The van der Waals surface area contributed by atoms with Crippen LogP contribution in [0.2, 0.25) is 0 Å². The van der Waals surface area contributed by atoms with E-state index in [4.69, 9.17) is 14.2 Å². The smallest absolute Gasteiger partial charge is 0.305 e. The number of thioether (sulfide) groups is 1. The van der Waals surface area contributed by atoms with Gasteiger partial charge in [0.15, 0.2) is 5.78 Å². The summed E-state index contributed by atoms with van der Waals surface area (Å²) in [6, 6.07) is 7.34. The second-order valence-electron chi connectivity index (χ2n) is 9.21. The van der Waals surface area contributed by atoms with Crippen molar-refractivity contribution in [3.63, 3.8) is 0 Å². The van der Waals surface area contributed by atoms with Gasteiger partial charge in [0.1, 0.15) is 17.2 Å². The lowest BCUT2D eigenvalue weighted by atomic mass is 10.0. The van der Waals surface area contributed by atoms with Gasteiger partial charge in [-0.25, -0.2) is 0 Å². The normalized spacial score (nSPS) is 11.7. The third-order valence-electron chi connectivity index (χ3n) is 6.12. The van der Waals surface area contributed by atoms with Crippen LogP contribution in [0, 0.1) is 0 Å². The van der Waals surface area contributed by atoms with Crippen LogP contribution in [0.4, 0.5) is 0 Å². The van der Waals surface area contributed by atoms with Crippen molar-refractivity contribution in [2.24, 2.45) is 0 Å². The Morgan fingerprint density at radius 2 is 1.66 bits per heavy atom. The van der Waals surface area contributed by atoms with E-state index >= 15 is 0 Å². The molecule has 0 spiro atoms. The molecule has 0 saturated heterocycles. The summed E-state index contributed by atoms with van der Waals surface area (Å²) in [5.41, 5.74) is 2.82. The van der Waals surface area contributed by atoms with Gasteiger partial charge < -0.3 is 24.4 Å². The van der Waals surface area contributed by atoms with Gasteiger partial charge in [0.25, 0.3) is 0 Å². The highest BCUT2D eigenvalue weighted by Gasteiger charge is 2.19. The van der Waals surface area contributed by atoms with Crippen LogP contribution in [-0.4, -0.2) is 48.0 Å². The minimum atomic E-state index is -0.699. The Bertz CT molecular complexity index is 1070. The minimum absolute atomic E-state index is 0.0992. The van der Waals surface area contributed by atoms with Gasteiger partial charge in [-0.15, -0.1) is 11.8 Å². The first kappa shape index (κ1) is 31.5. The summed E-state index contributed by atoms with van der Waals surface area (Å²) >= 11 is 1.65. The van der Waals surface area contributed by atoms with Gasteiger partial charge in [0.05, 0.1) is 32.0 Å². The number of Topliss-reactive ketones (excluding diaryl/α,β-unsaturated/α-hetero) is 1. The summed E-state index contributed by atoms with van der Waals surface area (Å²) in [6.45, 7) is 8.14. The van der Waals surface area contributed by atoms with Gasteiger partial charge in [-0.2, -0.15) is 0 Å². The first-order valence-electron chi connectivity index (χ1n) is 13.4. The zero-order valence-electron chi connectivity index (χ0n) is 23.3. The van der Waals surface area contributed by atoms with Crippen molar-refractivity contribution in [2.45, 2.75) is 83.6 Å². The van der Waals surface area contributed by atoms with E-state index < -0.39 is 6.10 Å². The predicted molar refractivity (Wildman–Crippen MR) is 151 cm³/mol. The average molecular weight is 547 g/mol. The molecule has 7 nitrogen and oxygen atoms in total. The number of methoxy groups -OCH3 is 1. The van der Waals surface area contributed by atoms with Crippen molar-refractivity contribution in [1.29, 1.82) is 0 Å². The summed E-state index contributed by atoms with van der Waals surface area (Å²) in [5, 5.41) is 20.9. The van der Waals surface area contributed by atoms with Gasteiger partial charge in [-0.05, 0) is 63.8 Å². The maximum atomic E-state index is 11.8. The number of phenolic OH excluding ortho intramolecular Hbond substituents is 1. The molecule has 0 bridgehead atoms. The Hall–Kier alpha value is -2.71. The fourth-order valence-corrected chi connectivity index (χ4v) is 5.21. The summed E-state index contributed by atoms with van der Waals surface area (Å²) in [7, 11) is 1.37. The molecule has 38 heavy (non-hydrogen) atoms. The Morgan fingerprint density at radius 3 is 2.29 bits per heavy atom. The van der Waals surface area contributed by atoms with Crippen LogP contribution in [0.15, 0.2) is 29.2 Å². The van der Waals surface area contributed by atoms with E-state index in [1.807, 2.05) is 18.2 Å². The third kappa shape index (κ3) is 8.95. The van der Waals surface area contributed by atoms with Crippen LogP contribution >= 0.6 is 11.8 Å². The molecule has 0 radical (unpaired) electrons. The van der Waals surface area contributed by atoms with Crippen molar-refractivity contribution >= 4 is 23.5 Å². The second-order valence-corrected chi connectivity index (χ2v) is 10.3. The SMILES string of the molecule is CCCc1c(SCCCOc2ccc(C(C)O)c(OCCCC(=O)OC)c2CCC)ccc(C(C)=O)c1O. The molecule has 0 aliphatic heterocycles. The number of carbonyl (C=O) groups is 2. The number of aliphatic hydroxyl groups excluding tert-OH is 1.